The molecule has 1 aliphatic heterocycles. The summed E-state index contributed by atoms with van der Waals surface area (Å²) in [6, 6.07) is 0. The van der Waals surface area contributed by atoms with Gasteiger partial charge < -0.3 is 4.74 Å². The molecule has 1 unspecified atom stereocenters. The van der Waals surface area contributed by atoms with E-state index in [1.165, 1.54) is 0 Å². The molecule has 0 N–H and O–H groups in total. The lowest BCUT2D eigenvalue weighted by Crippen LogP contribution is -2.37. The highest BCUT2D eigenvalue weighted by Gasteiger charge is 2.39. The number of allylic oxidation sites excluding steroid dienone is 2. The third-order valence-corrected chi connectivity index (χ3v) is 3.69. The van der Waals surface area contributed by atoms with E-state index in [9.17, 15) is 9.59 Å². The van der Waals surface area contributed by atoms with Gasteiger partial charge in [0.1, 0.15) is 5.92 Å². The first-order chi connectivity index (χ1) is 8.56. The van der Waals surface area contributed by atoms with E-state index in [1.807, 2.05) is 13.8 Å². The molecular weight excluding hydrogens is 230 g/mol. The fourth-order valence-corrected chi connectivity index (χ4v) is 2.90. The van der Waals surface area contributed by atoms with Gasteiger partial charge in [-0.25, -0.2) is 0 Å². The maximum Gasteiger partial charge on any atom is 0.315 e. The molecule has 0 saturated carbocycles. The number of ketones is 1. The minimum Gasteiger partial charge on any atom is -0.465 e. The van der Waals surface area contributed by atoms with Crippen LogP contribution in [0.25, 0.3) is 0 Å². The number of hydrogen-bond donors (Lipinski definition) is 0. The summed E-state index contributed by atoms with van der Waals surface area (Å²) in [5, 5.41) is 0. The van der Waals surface area contributed by atoms with Gasteiger partial charge in [0.25, 0.3) is 0 Å². The van der Waals surface area contributed by atoms with Crippen LogP contribution in [0.2, 0.25) is 0 Å². The Labute approximate surface area is 107 Å². The van der Waals surface area contributed by atoms with Crippen LogP contribution in [0.1, 0.15) is 40.0 Å². The van der Waals surface area contributed by atoms with E-state index < -0.39 is 5.92 Å². The molecule has 0 spiro atoms. The summed E-state index contributed by atoms with van der Waals surface area (Å²) in [7, 11) is 0. The summed E-state index contributed by atoms with van der Waals surface area (Å²) in [4.78, 5) is 28.4. The topological polar surface area (TPSA) is 55.7 Å². The quantitative estimate of drug-likeness (QED) is 0.705. The van der Waals surface area contributed by atoms with Gasteiger partial charge in [-0.05, 0) is 26.7 Å². The molecule has 2 rings (SSSR count). The highest BCUT2D eigenvalue weighted by molar-refractivity contribution is 6.07. The van der Waals surface area contributed by atoms with Crippen LogP contribution in [-0.4, -0.2) is 24.1 Å². The van der Waals surface area contributed by atoms with Crippen LogP contribution in [0.3, 0.4) is 0 Å². The fraction of sp³-hybridized carbons (Fsp3) is 0.643. The Kier molecular flexibility index (Phi) is 3.64. The van der Waals surface area contributed by atoms with Gasteiger partial charge >= 0.3 is 5.97 Å². The second-order valence-electron chi connectivity index (χ2n) is 4.91. The lowest BCUT2D eigenvalue weighted by molar-refractivity contribution is -0.146. The molecule has 0 radical (unpaired) electrons. The second-order valence-corrected chi connectivity index (χ2v) is 4.91. The third kappa shape index (κ3) is 2.11. The predicted octanol–water partition coefficient (Wildman–Crippen LogP) is 2.28. The average Bonchev–Trinajstić information content (AvgIpc) is 2.28. The first-order valence-electron chi connectivity index (χ1n) is 6.54. The minimum atomic E-state index is -0.397. The molecule has 0 aromatic rings. The number of aliphatic imine (C=N–C) groups is 1. The zero-order chi connectivity index (χ0) is 13.3. The van der Waals surface area contributed by atoms with Crippen molar-refractivity contribution in [1.29, 1.82) is 0 Å². The van der Waals surface area contributed by atoms with Gasteiger partial charge in [0.15, 0.2) is 5.78 Å². The number of esters is 1. The molecular formula is C14H19NO3. The Hall–Kier alpha value is -1.45. The minimum absolute atomic E-state index is 0.107. The van der Waals surface area contributed by atoms with Gasteiger partial charge in [-0.1, -0.05) is 6.92 Å². The Bertz CT molecular complexity index is 448. The smallest absolute Gasteiger partial charge is 0.315 e. The van der Waals surface area contributed by atoms with Crippen LogP contribution >= 0.6 is 0 Å². The summed E-state index contributed by atoms with van der Waals surface area (Å²) < 4.78 is 5.08. The molecule has 1 heterocycles. The number of carbonyl (C=O) groups is 2. The molecule has 98 valence electrons. The number of ether oxygens (including phenoxy) is 1. The van der Waals surface area contributed by atoms with Gasteiger partial charge in [0, 0.05) is 29.3 Å². The van der Waals surface area contributed by atoms with Crippen LogP contribution < -0.4 is 0 Å². The maximum atomic E-state index is 12.0. The molecule has 0 fully saturated rings. The predicted molar refractivity (Wildman–Crippen MR) is 68.3 cm³/mol. The number of Topliss-reactive ketones (excluding diaryl/α,β-unsaturated/α-hetero) is 1. The standard InChI is InChI=1S/C14H19NO3/c1-4-18-14(17)12-8(2)13-10(15-9(12)3)6-5-7-11(13)16/h8,12H,4-7H2,1-3H3/t8-,12?/m1/s1. The van der Waals surface area contributed by atoms with Crippen molar-refractivity contribution in [1.82, 2.24) is 0 Å². The summed E-state index contributed by atoms with van der Waals surface area (Å²) in [5.74, 6) is -0.624. The summed E-state index contributed by atoms with van der Waals surface area (Å²) in [6.45, 7) is 5.92. The summed E-state index contributed by atoms with van der Waals surface area (Å²) in [5.41, 5.74) is 2.41. The summed E-state index contributed by atoms with van der Waals surface area (Å²) >= 11 is 0. The van der Waals surface area contributed by atoms with Crippen molar-refractivity contribution in [3.63, 3.8) is 0 Å². The molecule has 0 aromatic carbocycles. The van der Waals surface area contributed by atoms with Crippen LogP contribution in [0.4, 0.5) is 0 Å². The van der Waals surface area contributed by atoms with E-state index in [2.05, 4.69) is 4.99 Å². The zero-order valence-electron chi connectivity index (χ0n) is 11.2. The first-order valence-corrected chi connectivity index (χ1v) is 6.54. The molecule has 2 aliphatic rings. The van der Waals surface area contributed by atoms with E-state index in [1.54, 1.807) is 6.92 Å². The van der Waals surface area contributed by atoms with Crippen molar-refractivity contribution in [3.05, 3.63) is 11.3 Å². The second kappa shape index (κ2) is 5.04. The Morgan fingerprint density at radius 2 is 2.17 bits per heavy atom. The molecule has 1 aliphatic carbocycles. The molecule has 2 atom stereocenters. The van der Waals surface area contributed by atoms with E-state index >= 15 is 0 Å². The van der Waals surface area contributed by atoms with Crippen LogP contribution in [-0.2, 0) is 14.3 Å². The van der Waals surface area contributed by atoms with E-state index in [0.29, 0.717) is 13.0 Å². The Morgan fingerprint density at radius 1 is 1.44 bits per heavy atom. The number of hydrogen-bond acceptors (Lipinski definition) is 4. The van der Waals surface area contributed by atoms with E-state index in [4.69, 9.17) is 4.74 Å². The fourth-order valence-electron chi connectivity index (χ4n) is 2.90. The zero-order valence-corrected chi connectivity index (χ0v) is 11.2. The molecule has 0 amide bonds. The molecule has 0 aromatic heterocycles. The van der Waals surface area contributed by atoms with Gasteiger partial charge in [0.2, 0.25) is 0 Å². The van der Waals surface area contributed by atoms with Gasteiger partial charge in [0.05, 0.1) is 6.61 Å². The van der Waals surface area contributed by atoms with Gasteiger partial charge in [-0.15, -0.1) is 0 Å². The highest BCUT2D eigenvalue weighted by Crippen LogP contribution is 2.37. The highest BCUT2D eigenvalue weighted by atomic mass is 16.5. The number of rotatable bonds is 2. The van der Waals surface area contributed by atoms with Crippen molar-refractivity contribution < 1.29 is 14.3 Å². The van der Waals surface area contributed by atoms with E-state index in [-0.39, 0.29) is 17.7 Å². The largest absolute Gasteiger partial charge is 0.465 e. The van der Waals surface area contributed by atoms with Crippen molar-refractivity contribution >= 4 is 17.5 Å². The van der Waals surface area contributed by atoms with Crippen molar-refractivity contribution in [2.24, 2.45) is 16.8 Å². The lowest BCUT2D eigenvalue weighted by atomic mass is 9.76. The molecule has 18 heavy (non-hydrogen) atoms. The molecule has 0 saturated heterocycles. The van der Waals surface area contributed by atoms with Crippen LogP contribution in [0.5, 0.6) is 0 Å². The van der Waals surface area contributed by atoms with E-state index in [0.717, 1.165) is 29.8 Å². The molecule has 0 bridgehead atoms. The maximum absolute atomic E-state index is 12.0. The molecule has 4 nitrogen and oxygen atoms in total. The molecule has 4 heteroatoms. The van der Waals surface area contributed by atoms with Crippen molar-refractivity contribution in [2.45, 2.75) is 40.0 Å². The monoisotopic (exact) mass is 249 g/mol. The SMILES string of the molecule is CCOC(=O)C1C(C)=NC2=C(C(=O)CCC2)[C@@H]1C. The van der Waals surface area contributed by atoms with Crippen molar-refractivity contribution in [3.8, 4) is 0 Å². The van der Waals surface area contributed by atoms with Gasteiger partial charge in [-0.3, -0.25) is 14.6 Å². The normalized spacial score (nSPS) is 27.7. The Balaban J connectivity index is 2.34. The number of nitrogens with zero attached hydrogens (tertiary/aromatic N) is 1. The Morgan fingerprint density at radius 3 is 2.83 bits per heavy atom. The first kappa shape index (κ1) is 13.0. The lowest BCUT2D eigenvalue weighted by Gasteiger charge is -2.31. The van der Waals surface area contributed by atoms with Crippen LogP contribution in [0.15, 0.2) is 16.3 Å². The van der Waals surface area contributed by atoms with Crippen LogP contribution in [0, 0.1) is 11.8 Å². The third-order valence-electron chi connectivity index (χ3n) is 3.69. The average molecular weight is 249 g/mol. The van der Waals surface area contributed by atoms with Gasteiger partial charge in [-0.2, -0.15) is 0 Å². The summed E-state index contributed by atoms with van der Waals surface area (Å²) in [6.07, 6.45) is 2.29. The van der Waals surface area contributed by atoms with Crippen molar-refractivity contribution in [2.75, 3.05) is 6.61 Å². The number of carbonyl (C=O) groups excluding carboxylic acids is 2.